The molecule has 0 saturated carbocycles. The monoisotopic (exact) mass is 457 g/mol. The normalized spacial score (nSPS) is 23.5. The Bertz CT molecular complexity index is 1040. The van der Waals surface area contributed by atoms with Crippen molar-refractivity contribution < 1.29 is 33.7 Å². The van der Waals surface area contributed by atoms with Gasteiger partial charge in [-0.3, -0.25) is 9.59 Å². The summed E-state index contributed by atoms with van der Waals surface area (Å²) >= 11 is 0. The highest BCUT2D eigenvalue weighted by molar-refractivity contribution is 6.12. The fourth-order valence-corrected chi connectivity index (χ4v) is 4.50. The molecule has 0 bridgehead atoms. The second kappa shape index (κ2) is 9.68. The Morgan fingerprint density at radius 2 is 1.97 bits per heavy atom. The van der Waals surface area contributed by atoms with Crippen LogP contribution in [0.15, 0.2) is 40.7 Å². The number of carbonyl (C=O) groups excluding carboxylic acids is 3. The molecule has 8 heteroatoms. The van der Waals surface area contributed by atoms with E-state index in [1.54, 1.807) is 26.0 Å². The predicted octanol–water partition coefficient (Wildman–Crippen LogP) is 3.36. The van der Waals surface area contributed by atoms with Gasteiger partial charge in [0.2, 0.25) is 0 Å². The van der Waals surface area contributed by atoms with Gasteiger partial charge in [0.25, 0.3) is 0 Å². The van der Waals surface area contributed by atoms with Gasteiger partial charge in [-0.1, -0.05) is 19.9 Å². The zero-order valence-corrected chi connectivity index (χ0v) is 19.9. The molecule has 178 valence electrons. The third-order valence-corrected chi connectivity index (χ3v) is 6.38. The van der Waals surface area contributed by atoms with Gasteiger partial charge >= 0.3 is 11.9 Å². The van der Waals surface area contributed by atoms with Crippen LogP contribution in [0.4, 0.5) is 0 Å². The lowest BCUT2D eigenvalue weighted by Gasteiger charge is -2.38. The van der Waals surface area contributed by atoms with Crippen molar-refractivity contribution in [1.82, 2.24) is 5.32 Å². The number of hydrogen-bond donors (Lipinski definition) is 2. The number of esters is 2. The lowest BCUT2D eigenvalue weighted by atomic mass is 9.69. The van der Waals surface area contributed by atoms with Crippen LogP contribution >= 0.6 is 0 Å². The van der Waals surface area contributed by atoms with E-state index in [0.717, 1.165) is 0 Å². The molecule has 4 atom stereocenters. The van der Waals surface area contributed by atoms with Gasteiger partial charge in [-0.15, -0.1) is 0 Å². The van der Waals surface area contributed by atoms with E-state index in [1.807, 2.05) is 13.8 Å². The standard InChI is InChI=1S/C25H31NO7/c1-7-13(3)33-25(30)20-14(4)26-16-10-12(2)19(24(29)32-6)23(28)22(16)21(20)15-8-9-18(31-5)17(27)11-15/h8-9,11-13,19,21,26-27H,7,10H2,1-6H3/t12-,13+,19-,21+/m1/s1. The second-order valence-electron chi connectivity index (χ2n) is 8.59. The van der Waals surface area contributed by atoms with E-state index in [4.69, 9.17) is 14.2 Å². The van der Waals surface area contributed by atoms with Gasteiger partial charge in [0, 0.05) is 22.9 Å². The minimum absolute atomic E-state index is 0.121. The SMILES string of the molecule is CC[C@H](C)OC(=O)C1=C(C)NC2=C(C(=O)[C@H](C(=O)OC)[C@H](C)C2)[C@H]1c1ccc(OC)c(O)c1. The maximum absolute atomic E-state index is 13.7. The lowest BCUT2D eigenvalue weighted by Crippen LogP contribution is -2.43. The Hall–Kier alpha value is -3.29. The number of methoxy groups -OCH3 is 2. The Kier molecular flexibility index (Phi) is 7.15. The molecule has 0 spiro atoms. The Labute approximate surface area is 193 Å². The number of ketones is 1. The molecule has 0 fully saturated rings. The first kappa shape index (κ1) is 24.4. The number of aromatic hydroxyl groups is 1. The fraction of sp³-hybridized carbons (Fsp3) is 0.480. The van der Waals surface area contributed by atoms with Crippen LogP contribution in [0.1, 0.15) is 52.0 Å². The third-order valence-electron chi connectivity index (χ3n) is 6.38. The summed E-state index contributed by atoms with van der Waals surface area (Å²) in [6.07, 6.45) is 0.752. The van der Waals surface area contributed by atoms with Gasteiger partial charge in [0.05, 0.1) is 25.9 Å². The van der Waals surface area contributed by atoms with Crippen LogP contribution in [0.25, 0.3) is 0 Å². The summed E-state index contributed by atoms with van der Waals surface area (Å²) in [6, 6.07) is 4.75. The summed E-state index contributed by atoms with van der Waals surface area (Å²) in [6.45, 7) is 7.29. The molecule has 0 saturated heterocycles. The number of dihydropyridines is 1. The molecule has 2 aliphatic rings. The first-order valence-electron chi connectivity index (χ1n) is 11.0. The van der Waals surface area contributed by atoms with Crippen LogP contribution < -0.4 is 10.1 Å². The average Bonchev–Trinajstić information content (AvgIpc) is 2.77. The molecular formula is C25H31NO7. The van der Waals surface area contributed by atoms with Crippen LogP contribution in [0, 0.1) is 11.8 Å². The minimum Gasteiger partial charge on any atom is -0.504 e. The molecule has 1 heterocycles. The molecule has 1 aliphatic heterocycles. The van der Waals surface area contributed by atoms with E-state index < -0.39 is 29.6 Å². The van der Waals surface area contributed by atoms with E-state index in [1.165, 1.54) is 20.3 Å². The van der Waals surface area contributed by atoms with E-state index in [-0.39, 0.29) is 29.1 Å². The van der Waals surface area contributed by atoms with Crippen LogP contribution in [-0.2, 0) is 23.9 Å². The Morgan fingerprint density at radius 3 is 2.55 bits per heavy atom. The molecule has 8 nitrogen and oxygen atoms in total. The fourth-order valence-electron chi connectivity index (χ4n) is 4.50. The van der Waals surface area contributed by atoms with Gasteiger partial charge in [-0.2, -0.15) is 0 Å². The number of rotatable bonds is 6. The number of phenols is 1. The van der Waals surface area contributed by atoms with Crippen molar-refractivity contribution in [2.24, 2.45) is 11.8 Å². The van der Waals surface area contributed by atoms with Crippen molar-refractivity contribution in [3.63, 3.8) is 0 Å². The molecule has 2 N–H and O–H groups in total. The van der Waals surface area contributed by atoms with Gasteiger partial charge in [0.15, 0.2) is 17.3 Å². The maximum Gasteiger partial charge on any atom is 0.337 e. The molecule has 1 aromatic rings. The molecule has 0 aromatic heterocycles. The highest BCUT2D eigenvalue weighted by atomic mass is 16.5. The van der Waals surface area contributed by atoms with Crippen molar-refractivity contribution in [3.8, 4) is 11.5 Å². The van der Waals surface area contributed by atoms with Crippen molar-refractivity contribution >= 4 is 17.7 Å². The molecule has 0 unspecified atom stereocenters. The zero-order chi connectivity index (χ0) is 24.4. The lowest BCUT2D eigenvalue weighted by molar-refractivity contribution is -0.151. The van der Waals surface area contributed by atoms with Crippen LogP contribution in [0.3, 0.4) is 0 Å². The van der Waals surface area contributed by atoms with E-state index >= 15 is 0 Å². The smallest absolute Gasteiger partial charge is 0.337 e. The number of Topliss-reactive ketones (excluding diaryl/α,β-unsaturated/α-hetero) is 1. The maximum atomic E-state index is 13.7. The van der Waals surface area contributed by atoms with Gasteiger partial charge in [-0.25, -0.2) is 4.79 Å². The van der Waals surface area contributed by atoms with Crippen LogP contribution in [0.2, 0.25) is 0 Å². The third kappa shape index (κ3) is 4.47. The number of nitrogens with one attached hydrogen (secondary N) is 1. The molecule has 3 rings (SSSR count). The van der Waals surface area contributed by atoms with Gasteiger partial charge < -0.3 is 24.6 Å². The first-order valence-corrected chi connectivity index (χ1v) is 11.0. The molecule has 1 aliphatic carbocycles. The zero-order valence-electron chi connectivity index (χ0n) is 19.9. The van der Waals surface area contributed by atoms with Gasteiger partial charge in [-0.05, 0) is 50.3 Å². The van der Waals surface area contributed by atoms with Crippen LogP contribution in [-0.4, -0.2) is 43.2 Å². The van der Waals surface area contributed by atoms with Crippen molar-refractivity contribution in [3.05, 3.63) is 46.3 Å². The predicted molar refractivity (Wildman–Crippen MR) is 120 cm³/mol. The highest BCUT2D eigenvalue weighted by Gasteiger charge is 2.47. The summed E-state index contributed by atoms with van der Waals surface area (Å²) in [5.41, 5.74) is 2.33. The summed E-state index contributed by atoms with van der Waals surface area (Å²) < 4.78 is 15.7. The Morgan fingerprint density at radius 1 is 1.27 bits per heavy atom. The summed E-state index contributed by atoms with van der Waals surface area (Å²) in [7, 11) is 2.69. The van der Waals surface area contributed by atoms with Crippen molar-refractivity contribution in [2.75, 3.05) is 14.2 Å². The van der Waals surface area contributed by atoms with Crippen molar-refractivity contribution in [2.45, 2.75) is 52.6 Å². The molecule has 33 heavy (non-hydrogen) atoms. The minimum atomic E-state index is -0.977. The molecular weight excluding hydrogens is 426 g/mol. The topological polar surface area (TPSA) is 111 Å². The van der Waals surface area contributed by atoms with Crippen LogP contribution in [0.5, 0.6) is 11.5 Å². The summed E-state index contributed by atoms with van der Waals surface area (Å²) in [4.78, 5) is 39.4. The van der Waals surface area contributed by atoms with Gasteiger partial charge in [0.1, 0.15) is 5.92 Å². The molecule has 0 amide bonds. The number of phenolic OH excluding ortho intramolecular Hbond substituents is 1. The number of hydrogen-bond acceptors (Lipinski definition) is 8. The molecule has 1 aromatic carbocycles. The highest BCUT2D eigenvalue weighted by Crippen LogP contribution is 2.46. The second-order valence-corrected chi connectivity index (χ2v) is 8.59. The summed E-state index contributed by atoms with van der Waals surface area (Å²) in [5.74, 6) is -3.48. The number of benzene rings is 1. The Balaban J connectivity index is 2.19. The van der Waals surface area contributed by atoms with E-state index in [0.29, 0.717) is 35.4 Å². The van der Waals surface area contributed by atoms with E-state index in [9.17, 15) is 19.5 Å². The number of ether oxygens (including phenoxy) is 3. The van der Waals surface area contributed by atoms with Crippen molar-refractivity contribution in [1.29, 1.82) is 0 Å². The number of allylic oxidation sites excluding steroid dienone is 3. The quantitative estimate of drug-likeness (QED) is 0.494. The average molecular weight is 458 g/mol. The largest absolute Gasteiger partial charge is 0.504 e. The number of carbonyl (C=O) groups is 3. The molecule has 0 radical (unpaired) electrons. The van der Waals surface area contributed by atoms with E-state index in [2.05, 4.69) is 5.32 Å². The first-order chi connectivity index (χ1) is 15.6. The summed E-state index contributed by atoms with van der Waals surface area (Å²) in [5, 5.41) is 13.6.